The molecule has 2 aliphatic heterocycles. The third kappa shape index (κ3) is 3.46. The lowest BCUT2D eigenvalue weighted by Gasteiger charge is -2.29. The van der Waals surface area contributed by atoms with Crippen LogP contribution in [0.3, 0.4) is 0 Å². The average Bonchev–Trinajstić information content (AvgIpc) is 2.87. The average molecular weight is 484 g/mol. The summed E-state index contributed by atoms with van der Waals surface area (Å²) in [5.41, 5.74) is 2.24. The molecule has 36 heavy (non-hydrogen) atoms. The Morgan fingerprint density at radius 3 is 2.61 bits per heavy atom. The van der Waals surface area contributed by atoms with Crippen LogP contribution in [0.4, 0.5) is 0 Å². The van der Waals surface area contributed by atoms with Crippen molar-refractivity contribution >= 4 is 23.0 Å². The number of esters is 1. The molecule has 3 aromatic carbocycles. The second-order valence-corrected chi connectivity index (χ2v) is 8.65. The maximum Gasteiger partial charge on any atom is 0.312 e. The van der Waals surface area contributed by atoms with Crippen LogP contribution in [0.25, 0.3) is 28.4 Å². The zero-order valence-corrected chi connectivity index (χ0v) is 19.1. The van der Waals surface area contributed by atoms with E-state index in [2.05, 4.69) is 0 Å². The quantitative estimate of drug-likeness (QED) is 0.316. The van der Waals surface area contributed by atoms with Gasteiger partial charge in [0.2, 0.25) is 0 Å². The van der Waals surface area contributed by atoms with Gasteiger partial charge < -0.3 is 28.8 Å². The first kappa shape index (κ1) is 21.8. The van der Waals surface area contributed by atoms with Gasteiger partial charge in [0.15, 0.2) is 16.9 Å². The molecule has 1 atom stereocenters. The summed E-state index contributed by atoms with van der Waals surface area (Å²) in [6.45, 7) is 0.243. The van der Waals surface area contributed by atoms with Crippen LogP contribution in [-0.2, 0) is 4.79 Å². The van der Waals surface area contributed by atoms with Crippen LogP contribution >= 0.6 is 0 Å². The van der Waals surface area contributed by atoms with Crippen molar-refractivity contribution < 1.29 is 33.6 Å². The van der Waals surface area contributed by atoms with Gasteiger partial charge in [-0.2, -0.15) is 0 Å². The highest BCUT2D eigenvalue weighted by Crippen LogP contribution is 2.47. The van der Waals surface area contributed by atoms with Gasteiger partial charge in [-0.3, -0.25) is 9.59 Å². The minimum Gasteiger partial charge on any atom is -0.507 e. The zero-order valence-electron chi connectivity index (χ0n) is 19.1. The maximum atomic E-state index is 13.1. The van der Waals surface area contributed by atoms with E-state index in [0.29, 0.717) is 11.1 Å². The molecule has 3 heterocycles. The Morgan fingerprint density at radius 1 is 0.972 bits per heavy atom. The summed E-state index contributed by atoms with van der Waals surface area (Å²) in [6.07, 6.45) is 1.98. The van der Waals surface area contributed by atoms with Crippen molar-refractivity contribution in [3.8, 4) is 40.1 Å². The number of fused-ring (bicyclic) bond motifs is 4. The number of para-hydroxylation sites is 1. The van der Waals surface area contributed by atoms with E-state index in [-0.39, 0.29) is 52.8 Å². The van der Waals surface area contributed by atoms with Crippen molar-refractivity contribution in [1.29, 1.82) is 0 Å². The number of ether oxygens (including phenoxy) is 3. The van der Waals surface area contributed by atoms with Gasteiger partial charge in [-0.1, -0.05) is 18.2 Å². The maximum absolute atomic E-state index is 13.1. The van der Waals surface area contributed by atoms with E-state index in [1.54, 1.807) is 12.1 Å². The van der Waals surface area contributed by atoms with E-state index in [0.717, 1.165) is 16.9 Å². The van der Waals surface area contributed by atoms with Gasteiger partial charge in [0.05, 0.1) is 13.5 Å². The summed E-state index contributed by atoms with van der Waals surface area (Å²) in [7, 11) is 1.43. The monoisotopic (exact) mass is 484 g/mol. The van der Waals surface area contributed by atoms with Crippen LogP contribution in [0, 0.1) is 0 Å². The molecule has 0 radical (unpaired) electrons. The van der Waals surface area contributed by atoms with Crippen LogP contribution in [0.2, 0.25) is 0 Å². The summed E-state index contributed by atoms with van der Waals surface area (Å²) < 4.78 is 22.7. The van der Waals surface area contributed by atoms with Gasteiger partial charge in [-0.25, -0.2) is 0 Å². The third-order valence-electron chi connectivity index (χ3n) is 6.49. The second kappa shape index (κ2) is 8.20. The number of benzene rings is 3. The van der Waals surface area contributed by atoms with E-state index >= 15 is 0 Å². The van der Waals surface area contributed by atoms with E-state index in [4.69, 9.17) is 18.6 Å². The van der Waals surface area contributed by atoms with Gasteiger partial charge in [-0.05, 0) is 35.9 Å². The molecule has 0 unspecified atom stereocenters. The summed E-state index contributed by atoms with van der Waals surface area (Å²) in [4.78, 5) is 25.7. The second-order valence-electron chi connectivity index (χ2n) is 8.65. The minimum atomic E-state index is -0.500. The molecule has 8 nitrogen and oxygen atoms in total. The molecule has 2 aliphatic rings. The van der Waals surface area contributed by atoms with Gasteiger partial charge in [0, 0.05) is 34.7 Å². The fourth-order valence-corrected chi connectivity index (χ4v) is 4.80. The molecule has 0 aliphatic carbocycles. The molecule has 2 N–H and O–H groups in total. The molecular formula is C28H20O8. The number of carbonyl (C=O) groups is 1. The standard InChI is InChI=1S/C28H20O8/c1-33-22-7-6-15(9-18(22)29)23-11-19(30)27-20(31)12-24-26(28(27)36-23)17(10-25(32)35-24)16-8-14-4-2-3-5-21(14)34-13-16/h2-9,11-12,17,29,31H,10,13H2,1H3/t17-/m0/s1. The van der Waals surface area contributed by atoms with Crippen LogP contribution in [0.1, 0.15) is 23.5 Å². The Bertz CT molecular complexity index is 1650. The third-order valence-corrected chi connectivity index (χ3v) is 6.49. The minimum absolute atomic E-state index is 0.0154. The molecule has 0 saturated carbocycles. The number of hydrogen-bond donors (Lipinski definition) is 2. The fourth-order valence-electron chi connectivity index (χ4n) is 4.80. The van der Waals surface area contributed by atoms with Crippen molar-refractivity contribution in [3.05, 3.63) is 81.5 Å². The highest BCUT2D eigenvalue weighted by molar-refractivity contribution is 5.93. The smallest absolute Gasteiger partial charge is 0.312 e. The fraction of sp³-hybridized carbons (Fsp3) is 0.143. The largest absolute Gasteiger partial charge is 0.507 e. The SMILES string of the molecule is COc1ccc(-c2cc(=O)c3c(O)cc4c(c3o2)[C@H](C2=Cc3ccccc3OC2)CC(=O)O4)cc1O. The van der Waals surface area contributed by atoms with Crippen LogP contribution in [0.5, 0.6) is 28.7 Å². The summed E-state index contributed by atoms with van der Waals surface area (Å²) in [6, 6.07) is 14.7. The number of carbonyl (C=O) groups excluding carboxylic acids is 1. The van der Waals surface area contributed by atoms with E-state index in [1.807, 2.05) is 30.3 Å². The van der Waals surface area contributed by atoms with E-state index in [1.165, 1.54) is 25.3 Å². The predicted octanol–water partition coefficient (Wildman–Crippen LogP) is 4.75. The molecule has 6 rings (SSSR count). The Hall–Kier alpha value is -4.72. The Labute approximate surface area is 204 Å². The van der Waals surface area contributed by atoms with Crippen molar-refractivity contribution in [2.45, 2.75) is 12.3 Å². The van der Waals surface area contributed by atoms with Crippen LogP contribution in [-0.4, -0.2) is 29.9 Å². The molecule has 8 heteroatoms. The lowest BCUT2D eigenvalue weighted by molar-refractivity contribution is -0.135. The summed E-state index contributed by atoms with van der Waals surface area (Å²) in [5.74, 6) is -0.131. The first-order valence-corrected chi connectivity index (χ1v) is 11.3. The molecule has 4 aromatic rings. The Balaban J connectivity index is 1.58. The number of hydrogen-bond acceptors (Lipinski definition) is 8. The summed E-state index contributed by atoms with van der Waals surface area (Å²) >= 11 is 0. The molecular weight excluding hydrogens is 464 g/mol. The first-order chi connectivity index (χ1) is 17.4. The molecule has 0 spiro atoms. The zero-order chi connectivity index (χ0) is 25.0. The molecule has 180 valence electrons. The highest BCUT2D eigenvalue weighted by atomic mass is 16.5. The number of phenols is 2. The van der Waals surface area contributed by atoms with Gasteiger partial charge in [-0.15, -0.1) is 0 Å². The Morgan fingerprint density at radius 2 is 1.81 bits per heavy atom. The van der Waals surface area contributed by atoms with Gasteiger partial charge in [0.25, 0.3) is 0 Å². The lowest BCUT2D eigenvalue weighted by atomic mass is 9.83. The topological polar surface area (TPSA) is 115 Å². The van der Waals surface area contributed by atoms with Crippen molar-refractivity contribution in [2.75, 3.05) is 13.7 Å². The van der Waals surface area contributed by atoms with Crippen molar-refractivity contribution in [3.63, 3.8) is 0 Å². The Kier molecular flexibility index (Phi) is 4.96. The molecule has 0 fully saturated rings. The number of phenolic OH excluding ortho intramolecular Hbond substituents is 2. The highest BCUT2D eigenvalue weighted by Gasteiger charge is 2.35. The van der Waals surface area contributed by atoms with Gasteiger partial charge >= 0.3 is 5.97 Å². The molecule has 0 amide bonds. The van der Waals surface area contributed by atoms with Crippen molar-refractivity contribution in [1.82, 2.24) is 0 Å². The molecule has 0 saturated heterocycles. The lowest BCUT2D eigenvalue weighted by Crippen LogP contribution is -2.25. The van der Waals surface area contributed by atoms with E-state index in [9.17, 15) is 19.8 Å². The van der Waals surface area contributed by atoms with E-state index < -0.39 is 17.3 Å². The number of aromatic hydroxyl groups is 2. The predicted molar refractivity (Wildman–Crippen MR) is 131 cm³/mol. The van der Waals surface area contributed by atoms with Gasteiger partial charge in [0.1, 0.15) is 40.6 Å². The number of rotatable bonds is 3. The van der Waals surface area contributed by atoms with Crippen LogP contribution in [0.15, 0.2) is 69.4 Å². The first-order valence-electron chi connectivity index (χ1n) is 11.3. The molecule has 1 aromatic heterocycles. The molecule has 0 bridgehead atoms. The van der Waals surface area contributed by atoms with Crippen molar-refractivity contribution in [2.24, 2.45) is 0 Å². The normalized spacial score (nSPS) is 16.4. The summed E-state index contributed by atoms with van der Waals surface area (Å²) in [5, 5.41) is 20.9. The number of methoxy groups -OCH3 is 1. The van der Waals surface area contributed by atoms with Crippen LogP contribution < -0.4 is 19.6 Å².